The lowest BCUT2D eigenvalue weighted by Crippen LogP contribution is -2.76. The summed E-state index contributed by atoms with van der Waals surface area (Å²) in [6.45, 7) is 5.54. The van der Waals surface area contributed by atoms with Crippen LogP contribution in [-0.4, -0.2) is 87.0 Å². The van der Waals surface area contributed by atoms with Crippen LogP contribution in [0.1, 0.15) is 22.3 Å². The Kier molecular flexibility index (Phi) is 11.0. The summed E-state index contributed by atoms with van der Waals surface area (Å²) in [6, 6.07) is 33.3. The molecule has 0 spiro atoms. The minimum absolute atomic E-state index is 0.00636. The van der Waals surface area contributed by atoms with E-state index in [0.717, 1.165) is 5.56 Å². The van der Waals surface area contributed by atoms with Gasteiger partial charge in [0.05, 0.1) is 29.2 Å². The highest BCUT2D eigenvalue weighted by Gasteiger charge is 2.51. The number of nitrogens with zero attached hydrogens (tertiary/aromatic N) is 5. The first-order chi connectivity index (χ1) is 29.0. The van der Waals surface area contributed by atoms with Gasteiger partial charge in [-0.05, 0) is 65.6 Å². The van der Waals surface area contributed by atoms with Crippen molar-refractivity contribution in [1.29, 1.82) is 0 Å². The molecule has 1 aromatic heterocycles. The molecular formula is C46H43FN6O6S. The van der Waals surface area contributed by atoms with E-state index in [1.807, 2.05) is 30.3 Å². The number of phenolic OH excluding ortho intramolecular Hbond substituents is 1. The number of hydrogen-bond acceptors (Lipinski definition) is 7. The Morgan fingerprint density at radius 1 is 0.883 bits per heavy atom. The number of aryl methyl sites for hydroxylation is 1. The van der Waals surface area contributed by atoms with Crippen LogP contribution in [-0.2, 0) is 39.1 Å². The number of aromatic hydroxyl groups is 1. The van der Waals surface area contributed by atoms with E-state index in [4.69, 9.17) is 0 Å². The van der Waals surface area contributed by atoms with Gasteiger partial charge < -0.3 is 20.2 Å². The molecular weight excluding hydrogens is 784 g/mol. The summed E-state index contributed by atoms with van der Waals surface area (Å²) in [5, 5.41) is 16.6. The first kappa shape index (κ1) is 40.0. The number of urea groups is 1. The van der Waals surface area contributed by atoms with Gasteiger partial charge in [0.2, 0.25) is 11.8 Å². The van der Waals surface area contributed by atoms with E-state index in [2.05, 4.69) is 11.9 Å². The van der Waals surface area contributed by atoms with Crippen molar-refractivity contribution < 1.29 is 32.3 Å². The van der Waals surface area contributed by atoms with Gasteiger partial charge in [-0.1, -0.05) is 97.1 Å². The molecule has 2 fully saturated rings. The van der Waals surface area contributed by atoms with Crippen LogP contribution >= 0.6 is 0 Å². The third-order valence-electron chi connectivity index (χ3n) is 11.1. The predicted molar refractivity (Wildman–Crippen MR) is 225 cm³/mol. The number of amides is 4. The van der Waals surface area contributed by atoms with Crippen molar-refractivity contribution in [3.63, 3.8) is 0 Å². The van der Waals surface area contributed by atoms with Crippen LogP contribution < -0.4 is 5.32 Å². The summed E-state index contributed by atoms with van der Waals surface area (Å²) < 4.78 is 46.5. The Labute approximate surface area is 347 Å². The van der Waals surface area contributed by atoms with Crippen molar-refractivity contribution in [1.82, 2.24) is 29.1 Å². The van der Waals surface area contributed by atoms with Crippen LogP contribution in [0.2, 0.25) is 0 Å². The van der Waals surface area contributed by atoms with Crippen LogP contribution in [0.4, 0.5) is 9.18 Å². The van der Waals surface area contributed by atoms with Gasteiger partial charge in [-0.3, -0.25) is 9.59 Å². The number of fused-ring (bicyclic) bond motifs is 2. The van der Waals surface area contributed by atoms with Crippen LogP contribution in [0.15, 0.2) is 145 Å². The molecule has 0 saturated carbocycles. The molecule has 2 N–H and O–H groups in total. The molecule has 2 aliphatic heterocycles. The molecule has 0 radical (unpaired) electrons. The van der Waals surface area contributed by atoms with Gasteiger partial charge in [-0.15, -0.1) is 6.58 Å². The molecule has 12 nitrogen and oxygen atoms in total. The number of rotatable bonds is 11. The zero-order valence-corrected chi connectivity index (χ0v) is 33.6. The maximum absolute atomic E-state index is 15.7. The molecule has 2 atom stereocenters. The van der Waals surface area contributed by atoms with Gasteiger partial charge in [0.1, 0.15) is 23.8 Å². The number of carbonyl (C=O) groups excluding carboxylic acids is 3. The largest absolute Gasteiger partial charge is 0.508 e. The summed E-state index contributed by atoms with van der Waals surface area (Å²) in [4.78, 5) is 46.4. The molecule has 4 amide bonds. The lowest BCUT2D eigenvalue weighted by Gasteiger charge is -2.55. The van der Waals surface area contributed by atoms with E-state index in [1.54, 1.807) is 77.5 Å². The highest BCUT2D eigenvalue weighted by Crippen LogP contribution is 2.40. The van der Waals surface area contributed by atoms with Crippen LogP contribution in [0.5, 0.6) is 5.75 Å². The van der Waals surface area contributed by atoms with Gasteiger partial charge in [-0.2, -0.15) is 0 Å². The minimum Gasteiger partial charge on any atom is -0.508 e. The van der Waals surface area contributed by atoms with Crippen LogP contribution in [0.25, 0.3) is 22.2 Å². The van der Waals surface area contributed by atoms with Crippen molar-refractivity contribution in [2.24, 2.45) is 0 Å². The lowest BCUT2D eigenvalue weighted by molar-refractivity contribution is -0.189. The summed E-state index contributed by atoms with van der Waals surface area (Å²) in [7, 11) is -4.37. The van der Waals surface area contributed by atoms with E-state index in [0.29, 0.717) is 22.1 Å². The van der Waals surface area contributed by atoms with Gasteiger partial charge >= 0.3 is 6.03 Å². The van der Waals surface area contributed by atoms with Gasteiger partial charge in [0.25, 0.3) is 10.0 Å². The van der Waals surface area contributed by atoms with E-state index in [9.17, 15) is 27.9 Å². The number of hydrogen-bond donors (Lipinski definition) is 2. The molecule has 1 unspecified atom stereocenters. The molecule has 0 bridgehead atoms. The summed E-state index contributed by atoms with van der Waals surface area (Å²) >= 11 is 0. The highest BCUT2D eigenvalue weighted by atomic mass is 32.2. The number of carbonyl (C=O) groups is 3. The molecule has 2 saturated heterocycles. The fourth-order valence-corrected chi connectivity index (χ4v) is 9.96. The average Bonchev–Trinajstić information content (AvgIpc) is 3.56. The molecule has 60 heavy (non-hydrogen) atoms. The molecule has 0 aliphatic carbocycles. The fraction of sp³-hybridized carbons (Fsp3) is 0.196. The maximum Gasteiger partial charge on any atom is 0.334 e. The molecule has 5 aromatic carbocycles. The smallest absolute Gasteiger partial charge is 0.334 e. The number of halogens is 1. The number of aromatic nitrogens is 1. The molecule has 2 aliphatic rings. The standard InChI is InChI=1S/C46H43FN6O6S/c1-3-25-50-30-42(55)51-40(26-32-21-23-35(54)24-22-32)45(56)49(29-41(51)52(50)46(57)48-27-33-13-6-4-7-14-33)28-34-15-12-19-37-31(2)43(38-18-10-11-20-39(38)47)53(44(34)37)60(58,59)36-16-8-5-9-17-36/h3-24,40-41,54H,1,25-30H2,2H3,(H,48,57)/t40?,41-/m0/s1. The Bertz CT molecular complexity index is 2710. The van der Waals surface area contributed by atoms with Crippen molar-refractivity contribution in [3.8, 4) is 17.0 Å². The van der Waals surface area contributed by atoms with E-state index < -0.39 is 40.0 Å². The second-order valence-electron chi connectivity index (χ2n) is 14.9. The number of piperazine rings is 1. The molecule has 8 rings (SSSR count). The normalized spacial score (nSPS) is 17.2. The number of hydrazine groups is 1. The second-order valence-corrected chi connectivity index (χ2v) is 16.6. The van der Waals surface area contributed by atoms with Crippen molar-refractivity contribution in [3.05, 3.63) is 168 Å². The van der Waals surface area contributed by atoms with E-state index in [1.165, 1.54) is 56.3 Å². The predicted octanol–water partition coefficient (Wildman–Crippen LogP) is 6.44. The van der Waals surface area contributed by atoms with Gasteiger partial charge in [0, 0.05) is 37.0 Å². The monoisotopic (exact) mass is 826 g/mol. The van der Waals surface area contributed by atoms with Crippen molar-refractivity contribution in [2.75, 3.05) is 19.6 Å². The van der Waals surface area contributed by atoms with Crippen LogP contribution in [0, 0.1) is 12.7 Å². The first-order valence-corrected chi connectivity index (χ1v) is 20.9. The number of para-hydroxylation sites is 1. The Morgan fingerprint density at radius 3 is 2.27 bits per heavy atom. The first-order valence-electron chi connectivity index (χ1n) is 19.5. The zero-order chi connectivity index (χ0) is 42.1. The zero-order valence-electron chi connectivity index (χ0n) is 32.8. The average molecular weight is 827 g/mol. The highest BCUT2D eigenvalue weighted by molar-refractivity contribution is 7.90. The van der Waals surface area contributed by atoms with E-state index >= 15 is 4.39 Å². The third-order valence-corrected chi connectivity index (χ3v) is 12.8. The molecule has 6 aromatic rings. The molecule has 3 heterocycles. The lowest BCUT2D eigenvalue weighted by atomic mass is 9.98. The maximum atomic E-state index is 15.7. The topological polar surface area (TPSA) is 136 Å². The Balaban J connectivity index is 1.26. The Morgan fingerprint density at radius 2 is 1.57 bits per heavy atom. The SMILES string of the molecule is C=CCN1CC(=O)N2C(Cc3ccc(O)cc3)C(=O)N(Cc3cccc4c(C)c(-c5ccccc5F)n(S(=O)(=O)c5ccccc5)c34)C[C@@H]2N1C(=O)NCc1ccccc1. The van der Waals surface area contributed by atoms with E-state index in [-0.39, 0.29) is 72.5 Å². The number of benzene rings is 5. The van der Waals surface area contributed by atoms with Crippen LogP contribution in [0.3, 0.4) is 0 Å². The van der Waals surface area contributed by atoms with Crippen molar-refractivity contribution >= 4 is 38.8 Å². The van der Waals surface area contributed by atoms with Gasteiger partial charge in [-0.25, -0.2) is 31.6 Å². The quantitative estimate of drug-likeness (QED) is 0.144. The van der Waals surface area contributed by atoms with Gasteiger partial charge in [0.15, 0.2) is 0 Å². The third kappa shape index (κ3) is 7.39. The molecule has 306 valence electrons. The number of phenols is 1. The molecule has 14 heteroatoms. The Hall–Kier alpha value is -6.77. The number of nitrogens with one attached hydrogen (secondary N) is 1. The summed E-state index contributed by atoms with van der Waals surface area (Å²) in [5.74, 6) is -1.34. The van der Waals surface area contributed by atoms with Crippen molar-refractivity contribution in [2.45, 2.75) is 43.5 Å². The minimum atomic E-state index is -4.37. The summed E-state index contributed by atoms with van der Waals surface area (Å²) in [5.41, 5.74) is 3.03. The fourth-order valence-electron chi connectivity index (χ4n) is 8.32. The second kappa shape index (κ2) is 16.5. The summed E-state index contributed by atoms with van der Waals surface area (Å²) in [6.07, 6.45) is 0.687.